The van der Waals surface area contributed by atoms with Crippen LogP contribution in [-0.4, -0.2) is 9.31 Å². The third-order valence-corrected chi connectivity index (χ3v) is 2.79. The lowest BCUT2D eigenvalue weighted by atomic mass is 10.3. The third kappa shape index (κ3) is 1.48. The molecule has 3 aromatic rings. The molecule has 0 N–H and O–H groups in total. The molecule has 2 aromatic heterocycles. The van der Waals surface area contributed by atoms with Crippen LogP contribution in [-0.2, 0) is 7.05 Å². The zero-order valence-electron chi connectivity index (χ0n) is 9.66. The molecular formula is C13H10N2O3. The summed E-state index contributed by atoms with van der Waals surface area (Å²) in [5.41, 5.74) is 0.448. The molecule has 0 saturated heterocycles. The molecule has 90 valence electrons. The molecule has 1 aromatic carbocycles. The van der Waals surface area contributed by atoms with Gasteiger partial charge in [-0.3, -0.25) is 9.59 Å². The zero-order valence-corrected chi connectivity index (χ0v) is 9.66. The van der Waals surface area contributed by atoms with E-state index in [1.54, 1.807) is 19.2 Å². The molecule has 0 fully saturated rings. The summed E-state index contributed by atoms with van der Waals surface area (Å²) >= 11 is 0. The van der Waals surface area contributed by atoms with Gasteiger partial charge in [0, 0.05) is 19.3 Å². The van der Waals surface area contributed by atoms with Crippen LogP contribution < -0.4 is 11.1 Å². The van der Waals surface area contributed by atoms with Crippen LogP contribution >= 0.6 is 0 Å². The number of hydrogen-bond acceptors (Lipinski definition) is 3. The number of benzene rings is 1. The molecule has 18 heavy (non-hydrogen) atoms. The highest BCUT2D eigenvalue weighted by Crippen LogP contribution is 2.11. The van der Waals surface area contributed by atoms with Crippen LogP contribution in [0.15, 0.2) is 56.7 Å². The van der Waals surface area contributed by atoms with E-state index in [-0.39, 0.29) is 11.1 Å². The fourth-order valence-electron chi connectivity index (χ4n) is 1.83. The second-order valence-electron chi connectivity index (χ2n) is 4.03. The Labute approximate surface area is 101 Å². The maximum absolute atomic E-state index is 12.1. The molecule has 5 nitrogen and oxygen atoms in total. The molecule has 0 aliphatic rings. The van der Waals surface area contributed by atoms with E-state index in [1.165, 1.54) is 21.6 Å². The zero-order chi connectivity index (χ0) is 12.7. The first-order valence-corrected chi connectivity index (χ1v) is 5.45. The molecule has 0 radical (unpaired) electrons. The van der Waals surface area contributed by atoms with Gasteiger partial charge >= 0.3 is 0 Å². The molecule has 0 aliphatic carbocycles. The number of fused-ring (bicyclic) bond motifs is 1. The molecule has 0 saturated carbocycles. The summed E-state index contributed by atoms with van der Waals surface area (Å²) in [6.45, 7) is 0. The van der Waals surface area contributed by atoms with Gasteiger partial charge in [0.25, 0.3) is 11.1 Å². The van der Waals surface area contributed by atoms with Crippen molar-refractivity contribution in [3.63, 3.8) is 0 Å². The van der Waals surface area contributed by atoms with Gasteiger partial charge in [0.05, 0.1) is 5.69 Å². The van der Waals surface area contributed by atoms with E-state index in [9.17, 15) is 9.59 Å². The van der Waals surface area contributed by atoms with Gasteiger partial charge in [0.15, 0.2) is 5.58 Å². The first-order valence-electron chi connectivity index (χ1n) is 5.45. The van der Waals surface area contributed by atoms with Crippen molar-refractivity contribution < 1.29 is 4.52 Å². The Kier molecular flexibility index (Phi) is 2.19. The van der Waals surface area contributed by atoms with Gasteiger partial charge in [0.1, 0.15) is 5.39 Å². The summed E-state index contributed by atoms with van der Waals surface area (Å²) in [4.78, 5) is 23.6. The van der Waals surface area contributed by atoms with Crippen molar-refractivity contribution >= 4 is 11.0 Å². The van der Waals surface area contributed by atoms with Gasteiger partial charge in [-0.25, -0.2) is 0 Å². The van der Waals surface area contributed by atoms with Crippen molar-refractivity contribution in [3.05, 3.63) is 63.3 Å². The second-order valence-corrected chi connectivity index (χ2v) is 4.03. The Balaban J connectivity index is 2.37. The topological polar surface area (TPSA) is 57.1 Å². The summed E-state index contributed by atoms with van der Waals surface area (Å²) < 4.78 is 7.95. The van der Waals surface area contributed by atoms with Crippen molar-refractivity contribution in [3.8, 4) is 5.69 Å². The van der Waals surface area contributed by atoms with E-state index >= 15 is 0 Å². The lowest BCUT2D eigenvalue weighted by molar-refractivity contribution is 0.368. The minimum atomic E-state index is -0.271. The fraction of sp³-hybridized carbons (Fsp3) is 0.0769. The van der Waals surface area contributed by atoms with E-state index in [0.717, 1.165) is 0 Å². The van der Waals surface area contributed by atoms with E-state index < -0.39 is 0 Å². The van der Waals surface area contributed by atoms with Crippen molar-refractivity contribution in [2.24, 2.45) is 7.05 Å². The highest BCUT2D eigenvalue weighted by molar-refractivity contribution is 5.74. The largest absolute Gasteiger partial charge is 0.370 e. The van der Waals surface area contributed by atoms with Gasteiger partial charge in [-0.15, -0.1) is 4.74 Å². The van der Waals surface area contributed by atoms with E-state index in [4.69, 9.17) is 4.52 Å². The van der Waals surface area contributed by atoms with Crippen LogP contribution in [0.4, 0.5) is 0 Å². The summed E-state index contributed by atoms with van der Waals surface area (Å²) in [6, 6.07) is 10.3. The normalized spacial score (nSPS) is 10.9. The molecule has 0 aliphatic heterocycles. The summed E-state index contributed by atoms with van der Waals surface area (Å²) in [6.07, 6.45) is 1.49. The van der Waals surface area contributed by atoms with Crippen molar-refractivity contribution in [1.29, 1.82) is 0 Å². The molecule has 0 bridgehead atoms. The maximum atomic E-state index is 12.1. The number of aromatic nitrogens is 2. The molecule has 3 rings (SSSR count). The molecular weight excluding hydrogens is 232 g/mol. The number of rotatable bonds is 1. The van der Waals surface area contributed by atoms with E-state index in [0.29, 0.717) is 16.7 Å². The number of hydrogen-bond donors (Lipinski definition) is 0. The monoisotopic (exact) mass is 242 g/mol. The number of nitrogens with zero attached hydrogens (tertiary/aromatic N) is 2. The maximum Gasteiger partial charge on any atom is 0.296 e. The van der Waals surface area contributed by atoms with Gasteiger partial charge < -0.3 is 9.09 Å². The SMILES string of the molecule is Cn1cc2c(=O)n(-c3ccccc3)oc2cc1=O. The van der Waals surface area contributed by atoms with Crippen LogP contribution in [0.2, 0.25) is 0 Å². The molecule has 2 heterocycles. The molecule has 0 spiro atoms. The quantitative estimate of drug-likeness (QED) is 0.646. The van der Waals surface area contributed by atoms with Gasteiger partial charge in [-0.1, -0.05) is 18.2 Å². The van der Waals surface area contributed by atoms with Crippen LogP contribution in [0.1, 0.15) is 0 Å². The minimum Gasteiger partial charge on any atom is -0.370 e. The van der Waals surface area contributed by atoms with Crippen LogP contribution in [0.3, 0.4) is 0 Å². The van der Waals surface area contributed by atoms with E-state index in [1.807, 2.05) is 18.2 Å². The van der Waals surface area contributed by atoms with Gasteiger partial charge in [-0.2, -0.15) is 0 Å². The Bertz CT molecular complexity index is 825. The van der Waals surface area contributed by atoms with Gasteiger partial charge in [0.2, 0.25) is 0 Å². The van der Waals surface area contributed by atoms with Crippen molar-refractivity contribution in [1.82, 2.24) is 9.31 Å². The smallest absolute Gasteiger partial charge is 0.296 e. The van der Waals surface area contributed by atoms with Crippen LogP contribution in [0, 0.1) is 0 Å². The van der Waals surface area contributed by atoms with Crippen LogP contribution in [0.25, 0.3) is 16.7 Å². The molecule has 0 atom stereocenters. The van der Waals surface area contributed by atoms with Crippen molar-refractivity contribution in [2.75, 3.05) is 0 Å². The van der Waals surface area contributed by atoms with E-state index in [2.05, 4.69) is 0 Å². The first-order chi connectivity index (χ1) is 8.66. The van der Waals surface area contributed by atoms with Crippen LogP contribution in [0.5, 0.6) is 0 Å². The second kappa shape index (κ2) is 3.73. The highest BCUT2D eigenvalue weighted by atomic mass is 16.5. The average Bonchev–Trinajstić information content (AvgIpc) is 2.69. The molecule has 5 heteroatoms. The predicted molar refractivity (Wildman–Crippen MR) is 67.1 cm³/mol. The average molecular weight is 242 g/mol. The number of para-hydroxylation sites is 1. The Morgan fingerprint density at radius 1 is 1.11 bits per heavy atom. The molecule has 0 amide bonds. The van der Waals surface area contributed by atoms with Crippen molar-refractivity contribution in [2.45, 2.75) is 0 Å². The number of pyridine rings is 1. The lowest BCUT2D eigenvalue weighted by Crippen LogP contribution is -2.16. The minimum absolute atomic E-state index is 0.212. The summed E-state index contributed by atoms with van der Waals surface area (Å²) in [5, 5.41) is 0.390. The first kappa shape index (κ1) is 10.6. The summed E-state index contributed by atoms with van der Waals surface area (Å²) in [5.74, 6) is 0. The Hall–Kier alpha value is -2.56. The van der Waals surface area contributed by atoms with Gasteiger partial charge in [-0.05, 0) is 12.1 Å². The number of aryl methyl sites for hydroxylation is 1. The highest BCUT2D eigenvalue weighted by Gasteiger charge is 2.11. The summed E-state index contributed by atoms with van der Waals surface area (Å²) in [7, 11) is 1.60. The Morgan fingerprint density at radius 3 is 2.56 bits per heavy atom. The fourth-order valence-corrected chi connectivity index (χ4v) is 1.83. The third-order valence-electron chi connectivity index (χ3n) is 2.79. The lowest BCUT2D eigenvalue weighted by Gasteiger charge is -1.96. The Morgan fingerprint density at radius 2 is 1.83 bits per heavy atom. The molecule has 0 unspecified atom stereocenters. The standard InChI is InChI=1S/C13H10N2O3/c1-14-8-10-11(7-12(14)16)18-15(13(10)17)9-5-3-2-4-6-9/h2-8H,1H3. The predicted octanol–water partition coefficient (Wildman–Crippen LogP) is 1.28.